The number of aryl methyl sites for hydroxylation is 1. The molecule has 3 rings (SSSR count). The van der Waals surface area contributed by atoms with Gasteiger partial charge >= 0.3 is 5.97 Å². The molecule has 0 saturated heterocycles. The lowest BCUT2D eigenvalue weighted by Crippen LogP contribution is -2.48. The van der Waals surface area contributed by atoms with Crippen molar-refractivity contribution >= 4 is 11.9 Å². The maximum Gasteiger partial charge on any atom is 0.326 e. The highest BCUT2D eigenvalue weighted by atomic mass is 16.4. The van der Waals surface area contributed by atoms with Gasteiger partial charge in [0.05, 0.1) is 6.54 Å². The number of carbonyl (C=O) groups is 2. The molecule has 0 saturated carbocycles. The van der Waals surface area contributed by atoms with Gasteiger partial charge in [0, 0.05) is 19.4 Å². The third-order valence-corrected chi connectivity index (χ3v) is 3.88. The summed E-state index contributed by atoms with van der Waals surface area (Å²) in [5.41, 5.74) is 2.00. The molecule has 1 N–H and O–H groups in total. The van der Waals surface area contributed by atoms with Crippen molar-refractivity contribution in [1.29, 1.82) is 0 Å². The summed E-state index contributed by atoms with van der Waals surface area (Å²) in [6.45, 7) is 0.729. The number of carboxylic acid groups (broad SMARTS) is 1. The SMILES string of the molecule is O=C(O)C1Cc2ccccc2CN1C(=O)CCn1cncn1. The second kappa shape index (κ2) is 5.97. The summed E-state index contributed by atoms with van der Waals surface area (Å²) in [5, 5.41) is 13.4. The van der Waals surface area contributed by atoms with Crippen molar-refractivity contribution in [2.24, 2.45) is 0 Å². The van der Waals surface area contributed by atoms with Crippen LogP contribution in [0.3, 0.4) is 0 Å². The number of benzene rings is 1. The molecule has 1 unspecified atom stereocenters. The van der Waals surface area contributed by atoms with Crippen LogP contribution in [0.15, 0.2) is 36.9 Å². The first kappa shape index (κ1) is 14.2. The monoisotopic (exact) mass is 300 g/mol. The van der Waals surface area contributed by atoms with Crippen LogP contribution in [0.1, 0.15) is 17.5 Å². The zero-order valence-corrected chi connectivity index (χ0v) is 11.9. The molecule has 0 spiro atoms. The Labute approximate surface area is 127 Å². The molecule has 1 aromatic heterocycles. The van der Waals surface area contributed by atoms with E-state index in [-0.39, 0.29) is 12.3 Å². The molecule has 0 bridgehead atoms. The largest absolute Gasteiger partial charge is 0.480 e. The summed E-state index contributed by atoms with van der Waals surface area (Å²) in [5.74, 6) is -1.15. The van der Waals surface area contributed by atoms with Gasteiger partial charge in [-0.1, -0.05) is 24.3 Å². The van der Waals surface area contributed by atoms with Gasteiger partial charge in [-0.15, -0.1) is 0 Å². The molecule has 0 aliphatic carbocycles. The minimum absolute atomic E-state index is 0.183. The normalized spacial score (nSPS) is 17.1. The summed E-state index contributed by atoms with van der Waals surface area (Å²) in [7, 11) is 0. The molecular formula is C15H16N4O3. The summed E-state index contributed by atoms with van der Waals surface area (Å²) in [6.07, 6.45) is 3.49. The van der Waals surface area contributed by atoms with E-state index in [1.54, 1.807) is 4.68 Å². The Morgan fingerprint density at radius 2 is 2.05 bits per heavy atom. The van der Waals surface area contributed by atoms with Crippen LogP contribution < -0.4 is 0 Å². The van der Waals surface area contributed by atoms with Gasteiger partial charge in [-0.2, -0.15) is 5.10 Å². The second-order valence-corrected chi connectivity index (χ2v) is 5.26. The molecule has 2 aromatic rings. The Morgan fingerprint density at radius 3 is 2.73 bits per heavy atom. The number of nitrogens with zero attached hydrogens (tertiary/aromatic N) is 4. The third kappa shape index (κ3) is 2.83. The van der Waals surface area contributed by atoms with Gasteiger partial charge in [0.2, 0.25) is 5.91 Å². The second-order valence-electron chi connectivity index (χ2n) is 5.26. The number of rotatable bonds is 4. The van der Waals surface area contributed by atoms with Crippen molar-refractivity contribution in [2.45, 2.75) is 32.0 Å². The topological polar surface area (TPSA) is 88.3 Å². The first-order valence-corrected chi connectivity index (χ1v) is 7.06. The summed E-state index contributed by atoms with van der Waals surface area (Å²) >= 11 is 0. The number of hydrogen-bond acceptors (Lipinski definition) is 4. The maximum atomic E-state index is 12.4. The van der Waals surface area contributed by atoms with Crippen molar-refractivity contribution in [3.05, 3.63) is 48.0 Å². The Bertz CT molecular complexity index is 684. The van der Waals surface area contributed by atoms with E-state index in [2.05, 4.69) is 10.1 Å². The van der Waals surface area contributed by atoms with Crippen LogP contribution in [0.4, 0.5) is 0 Å². The minimum Gasteiger partial charge on any atom is -0.480 e. The number of aliphatic carboxylic acids is 1. The summed E-state index contributed by atoms with van der Waals surface area (Å²) < 4.78 is 1.56. The van der Waals surface area contributed by atoms with Crippen LogP contribution in [-0.4, -0.2) is 42.7 Å². The lowest BCUT2D eigenvalue weighted by Gasteiger charge is -2.34. The van der Waals surface area contributed by atoms with E-state index < -0.39 is 12.0 Å². The fourth-order valence-corrected chi connectivity index (χ4v) is 2.71. The van der Waals surface area contributed by atoms with Crippen LogP contribution in [0.5, 0.6) is 0 Å². The number of carbonyl (C=O) groups excluding carboxylic acids is 1. The fourth-order valence-electron chi connectivity index (χ4n) is 2.71. The van der Waals surface area contributed by atoms with Crippen molar-refractivity contribution < 1.29 is 14.7 Å². The van der Waals surface area contributed by atoms with E-state index in [4.69, 9.17) is 0 Å². The zero-order valence-electron chi connectivity index (χ0n) is 11.9. The molecule has 22 heavy (non-hydrogen) atoms. The van der Waals surface area contributed by atoms with Crippen molar-refractivity contribution in [3.63, 3.8) is 0 Å². The minimum atomic E-state index is -0.969. The van der Waals surface area contributed by atoms with Gasteiger partial charge in [-0.05, 0) is 11.1 Å². The molecule has 1 aliphatic rings. The maximum absolute atomic E-state index is 12.4. The number of fused-ring (bicyclic) bond motifs is 1. The molecule has 0 fully saturated rings. The molecular weight excluding hydrogens is 284 g/mol. The van der Waals surface area contributed by atoms with Crippen LogP contribution in [0.25, 0.3) is 0 Å². The van der Waals surface area contributed by atoms with Gasteiger partial charge in [0.15, 0.2) is 0 Å². The number of carboxylic acids is 1. The predicted molar refractivity (Wildman–Crippen MR) is 76.8 cm³/mol. The van der Waals surface area contributed by atoms with E-state index in [0.717, 1.165) is 11.1 Å². The zero-order chi connectivity index (χ0) is 15.5. The molecule has 1 aliphatic heterocycles. The summed E-state index contributed by atoms with van der Waals surface area (Å²) in [4.78, 5) is 29.2. The molecule has 114 valence electrons. The lowest BCUT2D eigenvalue weighted by molar-refractivity contribution is -0.151. The quantitative estimate of drug-likeness (QED) is 0.898. The van der Waals surface area contributed by atoms with E-state index in [1.165, 1.54) is 17.6 Å². The first-order valence-electron chi connectivity index (χ1n) is 7.06. The number of amides is 1. The van der Waals surface area contributed by atoms with Crippen molar-refractivity contribution in [3.8, 4) is 0 Å². The van der Waals surface area contributed by atoms with Crippen molar-refractivity contribution in [2.75, 3.05) is 0 Å². The number of hydrogen-bond donors (Lipinski definition) is 1. The Hall–Kier alpha value is -2.70. The van der Waals surface area contributed by atoms with Crippen LogP contribution in [0.2, 0.25) is 0 Å². The van der Waals surface area contributed by atoms with E-state index in [0.29, 0.717) is 19.5 Å². The highest BCUT2D eigenvalue weighted by Gasteiger charge is 2.34. The average molecular weight is 300 g/mol. The van der Waals surface area contributed by atoms with Gasteiger partial charge < -0.3 is 10.0 Å². The van der Waals surface area contributed by atoms with Crippen LogP contribution >= 0.6 is 0 Å². The number of aromatic nitrogens is 3. The van der Waals surface area contributed by atoms with E-state index >= 15 is 0 Å². The van der Waals surface area contributed by atoms with Gasteiger partial charge in [0.25, 0.3) is 0 Å². The lowest BCUT2D eigenvalue weighted by atomic mass is 9.93. The van der Waals surface area contributed by atoms with E-state index in [9.17, 15) is 14.7 Å². The fraction of sp³-hybridized carbons (Fsp3) is 0.333. The molecule has 0 radical (unpaired) electrons. The average Bonchev–Trinajstić information content (AvgIpc) is 3.04. The van der Waals surface area contributed by atoms with Gasteiger partial charge in [0.1, 0.15) is 18.7 Å². The third-order valence-electron chi connectivity index (χ3n) is 3.88. The van der Waals surface area contributed by atoms with Crippen LogP contribution in [0, 0.1) is 0 Å². The predicted octanol–water partition coefficient (Wildman–Crippen LogP) is 0.706. The first-order chi connectivity index (χ1) is 10.6. The van der Waals surface area contributed by atoms with Gasteiger partial charge in [-0.3, -0.25) is 9.48 Å². The molecule has 2 heterocycles. The molecule has 1 atom stereocenters. The molecule has 1 aromatic carbocycles. The molecule has 1 amide bonds. The Kier molecular flexibility index (Phi) is 3.86. The standard InChI is InChI=1S/C15H16N4O3/c20-14(5-6-18-10-16-9-17-18)19-8-12-4-2-1-3-11(12)7-13(19)15(21)22/h1-4,9-10,13H,5-8H2,(H,21,22). The summed E-state index contributed by atoms with van der Waals surface area (Å²) in [6, 6.07) is 6.84. The highest BCUT2D eigenvalue weighted by molar-refractivity contribution is 5.84. The smallest absolute Gasteiger partial charge is 0.326 e. The van der Waals surface area contributed by atoms with Crippen molar-refractivity contribution in [1.82, 2.24) is 19.7 Å². The molecule has 7 heteroatoms. The Balaban J connectivity index is 1.75. The molecule has 7 nitrogen and oxygen atoms in total. The highest BCUT2D eigenvalue weighted by Crippen LogP contribution is 2.24. The van der Waals surface area contributed by atoms with Crippen LogP contribution in [-0.2, 0) is 29.1 Å². The van der Waals surface area contributed by atoms with Gasteiger partial charge in [-0.25, -0.2) is 9.78 Å². The Morgan fingerprint density at radius 1 is 1.27 bits per heavy atom. The van der Waals surface area contributed by atoms with E-state index in [1.807, 2.05) is 24.3 Å².